The van der Waals surface area contributed by atoms with Gasteiger partial charge in [0.05, 0.1) is 17.2 Å². The van der Waals surface area contributed by atoms with Gasteiger partial charge in [-0.3, -0.25) is 14.9 Å². The number of fused-ring (bicyclic) bond motifs is 1. The van der Waals surface area contributed by atoms with Crippen LogP contribution >= 0.6 is 0 Å². The van der Waals surface area contributed by atoms with Crippen molar-refractivity contribution in [3.05, 3.63) is 74.7 Å². The number of benzene rings is 2. The van der Waals surface area contributed by atoms with Crippen LogP contribution < -0.4 is 4.90 Å². The second-order valence-electron chi connectivity index (χ2n) is 4.88. The van der Waals surface area contributed by atoms with E-state index in [1.807, 2.05) is 0 Å². The van der Waals surface area contributed by atoms with Gasteiger partial charge in [-0.25, -0.2) is 0 Å². The van der Waals surface area contributed by atoms with Gasteiger partial charge in [-0.1, -0.05) is 41.6 Å². The van der Waals surface area contributed by atoms with Gasteiger partial charge < -0.3 is 4.90 Å². The molecule has 1 amide bonds. The molecule has 1 atom stereocenters. The van der Waals surface area contributed by atoms with Crippen molar-refractivity contribution in [2.45, 2.75) is 12.6 Å². The molecule has 1 aliphatic heterocycles. The van der Waals surface area contributed by atoms with E-state index in [4.69, 9.17) is 0 Å². The first-order chi connectivity index (χ1) is 10.6. The third kappa shape index (κ3) is 2.12. The van der Waals surface area contributed by atoms with Crippen molar-refractivity contribution < 1.29 is 9.72 Å². The zero-order chi connectivity index (χ0) is 15.7. The van der Waals surface area contributed by atoms with E-state index in [9.17, 15) is 19.8 Å². The van der Waals surface area contributed by atoms with Gasteiger partial charge in [-0.2, -0.15) is 0 Å². The zero-order valence-electron chi connectivity index (χ0n) is 11.4. The Morgan fingerprint density at radius 1 is 1.14 bits per heavy atom. The predicted octanol–water partition coefficient (Wildman–Crippen LogP) is 2.95. The van der Waals surface area contributed by atoms with Crippen LogP contribution in [0.2, 0.25) is 0 Å². The number of para-hydroxylation sites is 2. The lowest BCUT2D eigenvalue weighted by atomic mass is 10.1. The summed E-state index contributed by atoms with van der Waals surface area (Å²) in [5.74, 6) is -0.464. The van der Waals surface area contributed by atoms with Gasteiger partial charge in [0, 0.05) is 17.2 Å². The predicted molar refractivity (Wildman–Crippen MR) is 79.3 cm³/mol. The van der Waals surface area contributed by atoms with E-state index in [-0.39, 0.29) is 12.2 Å². The summed E-state index contributed by atoms with van der Waals surface area (Å²) < 4.78 is 0. The highest BCUT2D eigenvalue weighted by Crippen LogP contribution is 2.39. The maximum Gasteiger partial charge on any atom is 0.274 e. The van der Waals surface area contributed by atoms with Gasteiger partial charge in [0.15, 0.2) is 6.04 Å². The summed E-state index contributed by atoms with van der Waals surface area (Å²) >= 11 is 0. The first kappa shape index (κ1) is 13.9. The third-order valence-electron chi connectivity index (χ3n) is 3.64. The van der Waals surface area contributed by atoms with Crippen molar-refractivity contribution in [3.8, 4) is 0 Å². The van der Waals surface area contributed by atoms with Crippen molar-refractivity contribution in [1.82, 2.24) is 0 Å². The quantitative estimate of drug-likeness (QED) is 0.492. The van der Waals surface area contributed by atoms with Crippen molar-refractivity contribution >= 4 is 17.3 Å². The maximum atomic E-state index is 12.3. The average molecular weight is 297 g/mol. The van der Waals surface area contributed by atoms with Crippen molar-refractivity contribution in [2.24, 2.45) is 5.18 Å². The van der Waals surface area contributed by atoms with Crippen molar-refractivity contribution in [1.29, 1.82) is 0 Å². The van der Waals surface area contributed by atoms with Crippen LogP contribution in [0.1, 0.15) is 17.2 Å². The molecule has 0 aliphatic carbocycles. The summed E-state index contributed by atoms with van der Waals surface area (Å²) in [5, 5.41) is 14.0. The third-order valence-corrected chi connectivity index (χ3v) is 3.64. The molecule has 0 radical (unpaired) electrons. The molecular weight excluding hydrogens is 286 g/mol. The fourth-order valence-corrected chi connectivity index (χ4v) is 2.62. The van der Waals surface area contributed by atoms with Crippen LogP contribution in [0, 0.1) is 15.0 Å². The van der Waals surface area contributed by atoms with Gasteiger partial charge in [0.1, 0.15) is 0 Å². The minimum atomic E-state index is -1.08. The highest BCUT2D eigenvalue weighted by Gasteiger charge is 2.38. The molecule has 2 aromatic rings. The van der Waals surface area contributed by atoms with Gasteiger partial charge in [0.25, 0.3) is 11.6 Å². The van der Waals surface area contributed by atoms with Crippen LogP contribution in [-0.2, 0) is 11.3 Å². The highest BCUT2D eigenvalue weighted by atomic mass is 16.6. The Bertz CT molecular complexity index is 775. The average Bonchev–Trinajstić information content (AvgIpc) is 2.80. The number of carbonyl (C=O) groups excluding carboxylic acids is 1. The number of nitrogens with zero attached hydrogens (tertiary/aromatic N) is 3. The molecule has 1 aliphatic rings. The Morgan fingerprint density at radius 3 is 2.55 bits per heavy atom. The lowest BCUT2D eigenvalue weighted by Gasteiger charge is -2.17. The summed E-state index contributed by atoms with van der Waals surface area (Å²) in [7, 11) is 0. The number of hydrogen-bond acceptors (Lipinski definition) is 5. The van der Waals surface area contributed by atoms with E-state index < -0.39 is 16.9 Å². The van der Waals surface area contributed by atoms with E-state index in [1.54, 1.807) is 42.5 Å². The molecule has 0 fully saturated rings. The van der Waals surface area contributed by atoms with E-state index in [1.165, 1.54) is 11.0 Å². The largest absolute Gasteiger partial charge is 0.305 e. The molecule has 0 saturated carbocycles. The first-order valence-corrected chi connectivity index (χ1v) is 6.58. The van der Waals surface area contributed by atoms with Gasteiger partial charge in [0.2, 0.25) is 0 Å². The molecule has 0 N–H and O–H groups in total. The molecule has 110 valence electrons. The summed E-state index contributed by atoms with van der Waals surface area (Å²) in [5.41, 5.74) is 1.44. The van der Waals surface area contributed by atoms with Crippen molar-refractivity contribution in [3.63, 3.8) is 0 Å². The second-order valence-corrected chi connectivity index (χ2v) is 4.88. The molecule has 22 heavy (non-hydrogen) atoms. The molecule has 2 aromatic carbocycles. The first-order valence-electron chi connectivity index (χ1n) is 6.58. The molecule has 0 saturated heterocycles. The van der Waals surface area contributed by atoms with Crippen LogP contribution in [0.3, 0.4) is 0 Å². The fourth-order valence-electron chi connectivity index (χ4n) is 2.62. The molecule has 0 spiro atoms. The number of hydrogen-bond donors (Lipinski definition) is 0. The molecule has 1 heterocycles. The van der Waals surface area contributed by atoms with Crippen LogP contribution in [-0.4, -0.2) is 10.8 Å². The SMILES string of the molecule is O=NC1C(=O)N(Cc2ccccc2[N+](=O)[O-])c2ccccc21. The second kappa shape index (κ2) is 5.36. The number of nitroso groups, excluding NO2 is 1. The number of anilines is 1. The standard InChI is InChI=1S/C15H11N3O4/c19-15-14(16-20)11-6-2-4-8-13(11)17(15)9-10-5-1-3-7-12(10)18(21)22/h1-8,14H,9H2. The summed E-state index contributed by atoms with van der Waals surface area (Å²) in [6.07, 6.45) is 0. The van der Waals surface area contributed by atoms with E-state index in [0.717, 1.165) is 0 Å². The number of carbonyl (C=O) groups is 1. The highest BCUT2D eigenvalue weighted by molar-refractivity contribution is 6.04. The van der Waals surface area contributed by atoms with Crippen LogP contribution in [0.4, 0.5) is 11.4 Å². The topological polar surface area (TPSA) is 92.9 Å². The number of nitro benzene ring substituents is 1. The fraction of sp³-hybridized carbons (Fsp3) is 0.133. The smallest absolute Gasteiger partial charge is 0.274 e. The molecule has 0 aromatic heterocycles. The Labute approximate surface area is 125 Å². The van der Waals surface area contributed by atoms with Crippen molar-refractivity contribution in [2.75, 3.05) is 4.90 Å². The summed E-state index contributed by atoms with van der Waals surface area (Å²) in [6.45, 7) is 0.0268. The van der Waals surface area contributed by atoms with E-state index in [2.05, 4.69) is 5.18 Å². The molecular formula is C15H11N3O4. The number of rotatable bonds is 4. The Balaban J connectivity index is 2.02. The summed E-state index contributed by atoms with van der Waals surface area (Å²) in [6, 6.07) is 12.0. The van der Waals surface area contributed by atoms with Crippen LogP contribution in [0.25, 0.3) is 0 Å². The summed E-state index contributed by atoms with van der Waals surface area (Å²) in [4.78, 5) is 35.2. The lowest BCUT2D eigenvalue weighted by molar-refractivity contribution is -0.385. The maximum absolute atomic E-state index is 12.3. The lowest BCUT2D eigenvalue weighted by Crippen LogP contribution is -2.28. The zero-order valence-corrected chi connectivity index (χ0v) is 11.4. The number of amides is 1. The molecule has 7 nitrogen and oxygen atoms in total. The minimum Gasteiger partial charge on any atom is -0.305 e. The van der Waals surface area contributed by atoms with Gasteiger partial charge in [-0.15, -0.1) is 4.91 Å². The molecule has 0 bridgehead atoms. The Hall–Kier alpha value is -3.09. The minimum absolute atomic E-state index is 0.0268. The normalized spacial score (nSPS) is 16.5. The van der Waals surface area contributed by atoms with Gasteiger partial charge >= 0.3 is 0 Å². The molecule has 7 heteroatoms. The van der Waals surface area contributed by atoms with Crippen LogP contribution in [0.5, 0.6) is 0 Å². The Kier molecular flexibility index (Phi) is 3.38. The van der Waals surface area contributed by atoms with E-state index in [0.29, 0.717) is 16.8 Å². The van der Waals surface area contributed by atoms with E-state index >= 15 is 0 Å². The number of nitro groups is 1. The molecule has 3 rings (SSSR count). The Morgan fingerprint density at radius 2 is 1.82 bits per heavy atom. The monoisotopic (exact) mass is 297 g/mol. The molecule has 1 unspecified atom stereocenters. The van der Waals surface area contributed by atoms with Gasteiger partial charge in [-0.05, 0) is 6.07 Å². The van der Waals surface area contributed by atoms with Crippen LogP contribution in [0.15, 0.2) is 53.7 Å².